The standard InChI is InChI=1S/C15H16N2O5/c1-9-3-4-10-5-11(22-2)6-12(15(10)16-9)17(7-13(18)19)8-14(20)21/h3-6H,7-8H2,1-2H3,(H,18,19)(H,20,21). The van der Waals surface area contributed by atoms with Crippen molar-refractivity contribution in [1.29, 1.82) is 0 Å². The number of rotatable bonds is 6. The summed E-state index contributed by atoms with van der Waals surface area (Å²) in [6.45, 7) is 0.931. The molecule has 2 N–H and O–H groups in total. The van der Waals surface area contributed by atoms with Crippen LogP contribution in [-0.4, -0.2) is 47.3 Å². The second-order valence-corrected chi connectivity index (χ2v) is 4.81. The number of carbonyl (C=O) groups is 2. The Kier molecular flexibility index (Phi) is 4.45. The molecule has 22 heavy (non-hydrogen) atoms. The smallest absolute Gasteiger partial charge is 0.323 e. The molecule has 0 aliphatic carbocycles. The number of methoxy groups -OCH3 is 1. The summed E-state index contributed by atoms with van der Waals surface area (Å²) in [5.41, 5.74) is 1.72. The highest BCUT2D eigenvalue weighted by molar-refractivity contribution is 5.95. The summed E-state index contributed by atoms with van der Waals surface area (Å²) in [6.07, 6.45) is 0. The molecule has 1 heterocycles. The van der Waals surface area contributed by atoms with Gasteiger partial charge in [0.15, 0.2) is 0 Å². The van der Waals surface area contributed by atoms with E-state index in [1.165, 1.54) is 12.0 Å². The minimum Gasteiger partial charge on any atom is -0.497 e. The van der Waals surface area contributed by atoms with Gasteiger partial charge in [-0.1, -0.05) is 6.07 Å². The number of aliphatic carboxylic acids is 2. The largest absolute Gasteiger partial charge is 0.497 e. The van der Waals surface area contributed by atoms with Gasteiger partial charge in [0.1, 0.15) is 18.8 Å². The Hall–Kier alpha value is -2.83. The minimum absolute atomic E-state index is 0.419. The molecule has 1 aromatic carbocycles. The number of ether oxygens (including phenoxy) is 1. The van der Waals surface area contributed by atoms with Crippen molar-refractivity contribution in [1.82, 2.24) is 4.98 Å². The molecule has 0 aliphatic heterocycles. The average Bonchev–Trinajstić information content (AvgIpc) is 2.44. The number of benzene rings is 1. The lowest BCUT2D eigenvalue weighted by Crippen LogP contribution is -2.34. The van der Waals surface area contributed by atoms with Crippen molar-refractivity contribution in [2.75, 3.05) is 25.1 Å². The summed E-state index contributed by atoms with van der Waals surface area (Å²) < 4.78 is 5.20. The quantitative estimate of drug-likeness (QED) is 0.834. The molecule has 1 aromatic heterocycles. The first-order chi connectivity index (χ1) is 10.4. The first-order valence-corrected chi connectivity index (χ1v) is 6.54. The number of aromatic nitrogens is 1. The number of nitrogens with zero attached hydrogens (tertiary/aromatic N) is 2. The molecule has 0 fully saturated rings. The van der Waals surface area contributed by atoms with E-state index in [1.807, 2.05) is 19.1 Å². The first kappa shape index (κ1) is 15.6. The second kappa shape index (κ2) is 6.30. The van der Waals surface area contributed by atoms with Crippen molar-refractivity contribution in [3.05, 3.63) is 30.0 Å². The Bertz CT molecular complexity index is 713. The normalized spacial score (nSPS) is 10.5. The molecule has 0 spiro atoms. The van der Waals surface area contributed by atoms with Crippen LogP contribution in [0.3, 0.4) is 0 Å². The fraction of sp³-hybridized carbons (Fsp3) is 0.267. The molecule has 0 unspecified atom stereocenters. The molecule has 0 saturated heterocycles. The van der Waals surface area contributed by atoms with Gasteiger partial charge in [0.05, 0.1) is 18.3 Å². The number of carboxylic acids is 2. The summed E-state index contributed by atoms with van der Waals surface area (Å²) in [6, 6.07) is 7.03. The highest BCUT2D eigenvalue weighted by Gasteiger charge is 2.18. The van der Waals surface area contributed by atoms with Crippen LogP contribution in [0, 0.1) is 6.92 Å². The minimum atomic E-state index is -1.12. The predicted octanol–water partition coefficient (Wildman–Crippen LogP) is 1.53. The van der Waals surface area contributed by atoms with Crippen molar-refractivity contribution in [2.45, 2.75) is 6.92 Å². The summed E-state index contributed by atoms with van der Waals surface area (Å²) in [4.78, 5) is 27.7. The van der Waals surface area contributed by atoms with Crippen LogP contribution in [-0.2, 0) is 9.59 Å². The highest BCUT2D eigenvalue weighted by Crippen LogP contribution is 2.31. The van der Waals surface area contributed by atoms with Gasteiger partial charge in [-0.05, 0) is 19.1 Å². The second-order valence-electron chi connectivity index (χ2n) is 4.81. The molecule has 0 aliphatic rings. The van der Waals surface area contributed by atoms with Gasteiger partial charge in [0.25, 0.3) is 0 Å². The van der Waals surface area contributed by atoms with Gasteiger partial charge in [-0.25, -0.2) is 0 Å². The third-order valence-corrected chi connectivity index (χ3v) is 3.11. The van der Waals surface area contributed by atoms with Crippen LogP contribution in [0.5, 0.6) is 5.75 Å². The molecule has 7 nitrogen and oxygen atoms in total. The van der Waals surface area contributed by atoms with Crippen LogP contribution >= 0.6 is 0 Å². The van der Waals surface area contributed by atoms with Crippen molar-refractivity contribution < 1.29 is 24.5 Å². The molecule has 2 rings (SSSR count). The lowest BCUT2D eigenvalue weighted by Gasteiger charge is -2.22. The number of carboxylic acid groups (broad SMARTS) is 2. The molecule has 0 saturated carbocycles. The molecule has 0 atom stereocenters. The Morgan fingerprint density at radius 1 is 1.18 bits per heavy atom. The number of pyridine rings is 1. The number of anilines is 1. The summed E-state index contributed by atoms with van der Waals surface area (Å²) in [5.74, 6) is -1.73. The highest BCUT2D eigenvalue weighted by atomic mass is 16.5. The molecule has 2 aromatic rings. The van der Waals surface area contributed by atoms with Gasteiger partial charge in [-0.15, -0.1) is 0 Å². The number of aryl methyl sites for hydroxylation is 1. The van der Waals surface area contributed by atoms with Crippen LogP contribution in [0.2, 0.25) is 0 Å². The summed E-state index contributed by atoms with van der Waals surface area (Å²) in [7, 11) is 1.49. The summed E-state index contributed by atoms with van der Waals surface area (Å²) in [5, 5.41) is 18.8. The van der Waals surface area contributed by atoms with E-state index in [1.54, 1.807) is 12.1 Å². The summed E-state index contributed by atoms with van der Waals surface area (Å²) >= 11 is 0. The molecule has 7 heteroatoms. The predicted molar refractivity (Wildman–Crippen MR) is 80.5 cm³/mol. The van der Waals surface area contributed by atoms with E-state index < -0.39 is 25.0 Å². The molecule has 0 bridgehead atoms. The van der Waals surface area contributed by atoms with Gasteiger partial charge >= 0.3 is 11.9 Å². The Labute approximate surface area is 126 Å². The maximum absolute atomic E-state index is 11.0. The Balaban J connectivity index is 2.64. The van der Waals surface area contributed by atoms with Crippen molar-refractivity contribution in [2.24, 2.45) is 0 Å². The van der Waals surface area contributed by atoms with Gasteiger partial charge in [-0.2, -0.15) is 0 Å². The van der Waals surface area contributed by atoms with E-state index >= 15 is 0 Å². The third-order valence-electron chi connectivity index (χ3n) is 3.11. The SMILES string of the molecule is COc1cc(N(CC(=O)O)CC(=O)O)c2nc(C)ccc2c1. The number of hydrogen-bond donors (Lipinski definition) is 2. The lowest BCUT2D eigenvalue weighted by atomic mass is 10.1. The fourth-order valence-electron chi connectivity index (χ4n) is 2.20. The lowest BCUT2D eigenvalue weighted by molar-refractivity contribution is -0.136. The van der Waals surface area contributed by atoms with E-state index in [-0.39, 0.29) is 0 Å². The Morgan fingerprint density at radius 3 is 2.36 bits per heavy atom. The van der Waals surface area contributed by atoms with Gasteiger partial charge in [-0.3, -0.25) is 14.6 Å². The molecule has 0 amide bonds. The third kappa shape index (κ3) is 3.43. The molecular weight excluding hydrogens is 288 g/mol. The maximum atomic E-state index is 11.0. The van der Waals surface area contributed by atoms with E-state index in [2.05, 4.69) is 4.98 Å². The maximum Gasteiger partial charge on any atom is 0.323 e. The zero-order chi connectivity index (χ0) is 16.3. The molecular formula is C15H16N2O5. The van der Waals surface area contributed by atoms with Gasteiger partial charge in [0, 0.05) is 17.1 Å². The van der Waals surface area contributed by atoms with E-state index in [0.29, 0.717) is 17.0 Å². The van der Waals surface area contributed by atoms with Crippen molar-refractivity contribution in [3.8, 4) is 5.75 Å². The van der Waals surface area contributed by atoms with Crippen LogP contribution in [0.1, 0.15) is 5.69 Å². The monoisotopic (exact) mass is 304 g/mol. The average molecular weight is 304 g/mol. The number of fused-ring (bicyclic) bond motifs is 1. The zero-order valence-corrected chi connectivity index (χ0v) is 12.2. The van der Waals surface area contributed by atoms with E-state index in [0.717, 1.165) is 11.1 Å². The first-order valence-electron chi connectivity index (χ1n) is 6.54. The van der Waals surface area contributed by atoms with Crippen LogP contribution in [0.4, 0.5) is 5.69 Å². The number of hydrogen-bond acceptors (Lipinski definition) is 5. The van der Waals surface area contributed by atoms with Crippen LogP contribution in [0.25, 0.3) is 10.9 Å². The topological polar surface area (TPSA) is 100.0 Å². The van der Waals surface area contributed by atoms with Crippen LogP contribution < -0.4 is 9.64 Å². The van der Waals surface area contributed by atoms with Crippen LogP contribution in [0.15, 0.2) is 24.3 Å². The Morgan fingerprint density at radius 2 is 1.82 bits per heavy atom. The molecule has 0 radical (unpaired) electrons. The zero-order valence-electron chi connectivity index (χ0n) is 12.2. The molecule has 116 valence electrons. The van der Waals surface area contributed by atoms with Gasteiger partial charge < -0.3 is 19.8 Å². The van der Waals surface area contributed by atoms with E-state index in [4.69, 9.17) is 14.9 Å². The fourth-order valence-corrected chi connectivity index (χ4v) is 2.20. The van der Waals surface area contributed by atoms with E-state index in [9.17, 15) is 9.59 Å². The van der Waals surface area contributed by atoms with Crippen molar-refractivity contribution in [3.63, 3.8) is 0 Å². The van der Waals surface area contributed by atoms with Crippen molar-refractivity contribution >= 4 is 28.5 Å². The van der Waals surface area contributed by atoms with Gasteiger partial charge in [0.2, 0.25) is 0 Å².